The highest BCUT2D eigenvalue weighted by Crippen LogP contribution is 2.25. The largest absolute Gasteiger partial charge is 0.481 e. The highest BCUT2D eigenvalue weighted by molar-refractivity contribution is 5.75. The van der Waals surface area contributed by atoms with Crippen LogP contribution in [0, 0.1) is 13.8 Å². The molecular weight excluding hydrogens is 304 g/mol. The Morgan fingerprint density at radius 3 is 2.96 bits per heavy atom. The summed E-state index contributed by atoms with van der Waals surface area (Å²) in [6.07, 6.45) is 2.06. The number of urea groups is 1. The Labute approximate surface area is 142 Å². The molecule has 6 nitrogen and oxygen atoms in total. The maximum Gasteiger partial charge on any atom is 0.318 e. The van der Waals surface area contributed by atoms with Gasteiger partial charge in [0.1, 0.15) is 0 Å². The normalized spacial score (nSPS) is 16.7. The topological polar surface area (TPSA) is 59.4 Å². The third kappa shape index (κ3) is 2.96. The number of carbonyl (C=O) groups is 1. The monoisotopic (exact) mass is 328 g/mol. The van der Waals surface area contributed by atoms with Gasteiger partial charge in [0, 0.05) is 36.2 Å². The molecule has 0 spiro atoms. The molecule has 2 aromatic heterocycles. The number of aryl methyl sites for hydroxylation is 2. The molecule has 0 aromatic carbocycles. The molecule has 0 aliphatic carbocycles. The first kappa shape index (κ1) is 16.4. The van der Waals surface area contributed by atoms with Crippen LogP contribution in [0.3, 0.4) is 0 Å². The fourth-order valence-corrected chi connectivity index (χ4v) is 3.33. The zero-order valence-electron chi connectivity index (χ0n) is 14.7. The van der Waals surface area contributed by atoms with Crippen LogP contribution in [0.15, 0.2) is 24.4 Å². The summed E-state index contributed by atoms with van der Waals surface area (Å²) in [6.45, 7) is 7.94. The van der Waals surface area contributed by atoms with E-state index in [2.05, 4.69) is 34.1 Å². The van der Waals surface area contributed by atoms with E-state index in [1.54, 1.807) is 7.11 Å². The zero-order valence-corrected chi connectivity index (χ0v) is 14.7. The number of methoxy groups -OCH3 is 1. The van der Waals surface area contributed by atoms with Gasteiger partial charge in [-0.1, -0.05) is 0 Å². The van der Waals surface area contributed by atoms with Crippen molar-refractivity contribution in [3.05, 3.63) is 46.9 Å². The first-order chi connectivity index (χ1) is 11.5. The van der Waals surface area contributed by atoms with Crippen molar-refractivity contribution in [2.75, 3.05) is 13.7 Å². The molecule has 24 heavy (non-hydrogen) atoms. The molecule has 1 aliphatic heterocycles. The molecule has 0 bridgehead atoms. The number of pyridine rings is 1. The summed E-state index contributed by atoms with van der Waals surface area (Å²) in [5.41, 5.74) is 4.07. The number of aromatic nitrogens is 2. The number of nitrogens with one attached hydrogen (secondary N) is 1. The van der Waals surface area contributed by atoms with Crippen LogP contribution in [-0.4, -0.2) is 34.1 Å². The van der Waals surface area contributed by atoms with Gasteiger partial charge in [-0.05, 0) is 44.5 Å². The minimum atomic E-state index is -0.0584. The van der Waals surface area contributed by atoms with Crippen LogP contribution in [0.25, 0.3) is 0 Å². The van der Waals surface area contributed by atoms with Crippen molar-refractivity contribution >= 4 is 6.03 Å². The lowest BCUT2D eigenvalue weighted by molar-refractivity contribution is 0.162. The molecule has 128 valence electrons. The second-order valence-electron chi connectivity index (χ2n) is 6.22. The maximum absolute atomic E-state index is 12.6. The van der Waals surface area contributed by atoms with Crippen LogP contribution in [0.2, 0.25) is 0 Å². The fraction of sp³-hybridized carbons (Fsp3) is 0.444. The predicted molar refractivity (Wildman–Crippen MR) is 92.1 cm³/mol. The first-order valence-electron chi connectivity index (χ1n) is 8.22. The standard InChI is InChI=1S/C18H24N4O2/c1-12-10-13(2)20-17(24-4)15(12)11-19-18(23)22-9-8-21-7-5-6-16(21)14(22)3/h5-7,10,14H,8-9,11H2,1-4H3,(H,19,23)/t14-/m0/s1. The van der Waals surface area contributed by atoms with E-state index in [1.165, 1.54) is 5.69 Å². The lowest BCUT2D eigenvalue weighted by Crippen LogP contribution is -2.45. The molecule has 2 aromatic rings. The summed E-state index contributed by atoms with van der Waals surface area (Å²) < 4.78 is 7.56. The number of fused-ring (bicyclic) bond motifs is 1. The van der Waals surface area contributed by atoms with Gasteiger partial charge >= 0.3 is 6.03 Å². The SMILES string of the molecule is COc1nc(C)cc(C)c1CNC(=O)N1CCn2cccc2[C@@H]1C. The molecule has 0 saturated carbocycles. The van der Waals surface area contributed by atoms with E-state index in [0.29, 0.717) is 19.0 Å². The average molecular weight is 328 g/mol. The van der Waals surface area contributed by atoms with Gasteiger partial charge in [0.2, 0.25) is 5.88 Å². The molecular formula is C18H24N4O2. The minimum absolute atomic E-state index is 0.0584. The first-order valence-corrected chi connectivity index (χ1v) is 8.22. The lowest BCUT2D eigenvalue weighted by atomic mass is 10.1. The van der Waals surface area contributed by atoms with Gasteiger partial charge in [-0.15, -0.1) is 0 Å². The molecule has 0 saturated heterocycles. The Bertz CT molecular complexity index is 753. The van der Waals surface area contributed by atoms with Crippen molar-refractivity contribution < 1.29 is 9.53 Å². The zero-order chi connectivity index (χ0) is 17.3. The smallest absolute Gasteiger partial charge is 0.318 e. The number of amides is 2. The van der Waals surface area contributed by atoms with Gasteiger partial charge in [0.05, 0.1) is 19.7 Å². The van der Waals surface area contributed by atoms with E-state index in [4.69, 9.17) is 4.74 Å². The molecule has 2 amide bonds. The van der Waals surface area contributed by atoms with Crippen LogP contribution >= 0.6 is 0 Å². The highest BCUT2D eigenvalue weighted by Gasteiger charge is 2.27. The number of ether oxygens (including phenoxy) is 1. The number of hydrogen-bond donors (Lipinski definition) is 1. The van der Waals surface area contributed by atoms with E-state index in [1.807, 2.05) is 30.9 Å². The van der Waals surface area contributed by atoms with E-state index < -0.39 is 0 Å². The van der Waals surface area contributed by atoms with Crippen molar-refractivity contribution in [2.24, 2.45) is 0 Å². The average Bonchev–Trinajstić information content (AvgIpc) is 3.03. The fourth-order valence-electron chi connectivity index (χ4n) is 3.33. The molecule has 3 rings (SSSR count). The second-order valence-corrected chi connectivity index (χ2v) is 6.22. The van der Waals surface area contributed by atoms with Gasteiger partial charge in [0.25, 0.3) is 0 Å². The number of hydrogen-bond acceptors (Lipinski definition) is 3. The molecule has 0 fully saturated rings. The lowest BCUT2D eigenvalue weighted by Gasteiger charge is -2.35. The number of carbonyl (C=O) groups excluding carboxylic acids is 1. The van der Waals surface area contributed by atoms with Gasteiger partial charge in [-0.3, -0.25) is 0 Å². The molecule has 0 unspecified atom stereocenters. The third-order valence-corrected chi connectivity index (χ3v) is 4.65. The van der Waals surface area contributed by atoms with E-state index in [9.17, 15) is 4.79 Å². The minimum Gasteiger partial charge on any atom is -0.481 e. The van der Waals surface area contributed by atoms with Crippen molar-refractivity contribution in [3.63, 3.8) is 0 Å². The summed E-state index contributed by atoms with van der Waals surface area (Å²) in [5.74, 6) is 0.577. The molecule has 6 heteroatoms. The van der Waals surface area contributed by atoms with Crippen molar-refractivity contribution in [3.8, 4) is 5.88 Å². The third-order valence-electron chi connectivity index (χ3n) is 4.65. The van der Waals surface area contributed by atoms with Gasteiger partial charge < -0.3 is 19.5 Å². The van der Waals surface area contributed by atoms with Crippen LogP contribution in [0.4, 0.5) is 4.79 Å². The van der Waals surface area contributed by atoms with Gasteiger partial charge in [0.15, 0.2) is 0 Å². The summed E-state index contributed by atoms with van der Waals surface area (Å²) >= 11 is 0. The molecule has 0 radical (unpaired) electrons. The molecule has 1 N–H and O–H groups in total. The van der Waals surface area contributed by atoms with Crippen LogP contribution < -0.4 is 10.1 Å². The summed E-state index contributed by atoms with van der Waals surface area (Å²) in [6, 6.07) is 6.10. The molecule has 1 atom stereocenters. The Morgan fingerprint density at radius 2 is 2.21 bits per heavy atom. The highest BCUT2D eigenvalue weighted by atomic mass is 16.5. The van der Waals surface area contributed by atoms with Crippen molar-refractivity contribution in [1.29, 1.82) is 0 Å². The quantitative estimate of drug-likeness (QED) is 0.942. The Kier molecular flexibility index (Phi) is 4.46. The van der Waals surface area contributed by atoms with Crippen LogP contribution in [0.1, 0.15) is 35.5 Å². The van der Waals surface area contributed by atoms with Crippen LogP contribution in [-0.2, 0) is 13.1 Å². The Balaban J connectivity index is 1.71. The van der Waals surface area contributed by atoms with Crippen LogP contribution in [0.5, 0.6) is 5.88 Å². The van der Waals surface area contributed by atoms with Gasteiger partial charge in [-0.25, -0.2) is 9.78 Å². The maximum atomic E-state index is 12.6. The number of nitrogens with zero attached hydrogens (tertiary/aromatic N) is 3. The summed E-state index contributed by atoms with van der Waals surface area (Å²) in [5, 5.41) is 3.01. The summed E-state index contributed by atoms with van der Waals surface area (Å²) in [7, 11) is 1.60. The molecule has 1 aliphatic rings. The summed E-state index contributed by atoms with van der Waals surface area (Å²) in [4.78, 5) is 18.9. The van der Waals surface area contributed by atoms with Crippen molar-refractivity contribution in [2.45, 2.75) is 39.9 Å². The Morgan fingerprint density at radius 1 is 1.42 bits per heavy atom. The second kappa shape index (κ2) is 6.55. The predicted octanol–water partition coefficient (Wildman–Crippen LogP) is 2.79. The van der Waals surface area contributed by atoms with E-state index in [-0.39, 0.29) is 12.1 Å². The van der Waals surface area contributed by atoms with E-state index in [0.717, 1.165) is 23.4 Å². The van der Waals surface area contributed by atoms with E-state index >= 15 is 0 Å². The van der Waals surface area contributed by atoms with Gasteiger partial charge in [-0.2, -0.15) is 0 Å². The number of rotatable bonds is 3. The Hall–Kier alpha value is -2.50. The molecule has 3 heterocycles. The van der Waals surface area contributed by atoms with Crippen molar-refractivity contribution in [1.82, 2.24) is 19.8 Å².